The third-order valence-corrected chi connectivity index (χ3v) is 3.78. The van der Waals surface area contributed by atoms with Crippen molar-refractivity contribution in [3.63, 3.8) is 0 Å². The minimum Gasteiger partial charge on any atom is -0.487 e. The summed E-state index contributed by atoms with van der Waals surface area (Å²) < 4.78 is 33.7. The van der Waals surface area contributed by atoms with Gasteiger partial charge in [-0.05, 0) is 24.3 Å². The minimum atomic E-state index is -3.15. The number of hydrogen-bond donors (Lipinski definition) is 1. The zero-order valence-electron chi connectivity index (χ0n) is 10.3. The smallest absolute Gasteiger partial charge is 0.175 e. The summed E-state index contributed by atoms with van der Waals surface area (Å²) in [5, 5.41) is 3.21. The van der Waals surface area contributed by atoms with Crippen LogP contribution < -0.4 is 10.1 Å². The van der Waals surface area contributed by atoms with Gasteiger partial charge in [-0.15, -0.1) is 0 Å². The number of rotatable bonds is 3. The molecule has 100 valence electrons. The van der Waals surface area contributed by atoms with Gasteiger partial charge in [-0.25, -0.2) is 8.42 Å². The van der Waals surface area contributed by atoms with E-state index in [0.29, 0.717) is 23.9 Å². The van der Waals surface area contributed by atoms with Gasteiger partial charge in [0.05, 0.1) is 18.1 Å². The molecule has 1 aliphatic heterocycles. The van der Waals surface area contributed by atoms with Crippen LogP contribution in [0.4, 0.5) is 0 Å². The molecule has 0 aliphatic carbocycles. The molecule has 1 heterocycles. The van der Waals surface area contributed by atoms with E-state index in [-0.39, 0.29) is 6.10 Å². The molecule has 1 fully saturated rings. The van der Waals surface area contributed by atoms with E-state index in [1.807, 2.05) is 0 Å². The van der Waals surface area contributed by atoms with Gasteiger partial charge in [-0.1, -0.05) is 0 Å². The number of benzene rings is 1. The third-order valence-electron chi connectivity index (χ3n) is 2.65. The Morgan fingerprint density at radius 2 is 2.06 bits per heavy atom. The number of nitrogens with one attached hydrogen (secondary N) is 1. The van der Waals surface area contributed by atoms with Crippen LogP contribution in [0.25, 0.3) is 0 Å². The fourth-order valence-electron chi connectivity index (χ4n) is 1.71. The van der Waals surface area contributed by atoms with Crippen LogP contribution in [-0.2, 0) is 14.6 Å². The van der Waals surface area contributed by atoms with Crippen molar-refractivity contribution in [1.82, 2.24) is 5.32 Å². The Morgan fingerprint density at radius 1 is 1.33 bits per heavy atom. The largest absolute Gasteiger partial charge is 0.487 e. The number of sulfone groups is 1. The number of ether oxygens (including phenoxy) is 2. The molecule has 1 atom stereocenters. The normalized spacial score (nSPS) is 21.3. The zero-order chi connectivity index (χ0) is 13.0. The van der Waals surface area contributed by atoms with Crippen LogP contribution >= 0.6 is 0 Å². The van der Waals surface area contributed by atoms with Crippen molar-refractivity contribution in [3.8, 4) is 5.75 Å². The summed E-state index contributed by atoms with van der Waals surface area (Å²) in [5.41, 5.74) is 0. The van der Waals surface area contributed by atoms with Crippen molar-refractivity contribution in [2.24, 2.45) is 0 Å². The Hall–Kier alpha value is -1.11. The first-order valence-corrected chi connectivity index (χ1v) is 7.70. The second kappa shape index (κ2) is 5.69. The first-order chi connectivity index (χ1) is 8.55. The Kier molecular flexibility index (Phi) is 4.21. The lowest BCUT2D eigenvalue weighted by Crippen LogP contribution is -2.32. The quantitative estimate of drug-likeness (QED) is 0.865. The molecule has 6 heteroatoms. The summed E-state index contributed by atoms with van der Waals surface area (Å²) in [6.45, 7) is 2.79. The molecule has 0 unspecified atom stereocenters. The lowest BCUT2D eigenvalue weighted by atomic mass is 10.3. The maximum Gasteiger partial charge on any atom is 0.175 e. The van der Waals surface area contributed by atoms with Gasteiger partial charge < -0.3 is 14.8 Å². The second-order valence-electron chi connectivity index (χ2n) is 4.26. The minimum absolute atomic E-state index is 0.0448. The van der Waals surface area contributed by atoms with E-state index in [9.17, 15) is 8.42 Å². The Morgan fingerprint density at radius 3 is 2.72 bits per heavy atom. The molecule has 0 saturated carbocycles. The molecular formula is C12H17NO4S. The van der Waals surface area contributed by atoms with Gasteiger partial charge in [0.15, 0.2) is 9.84 Å². The Balaban J connectivity index is 2.01. The highest BCUT2D eigenvalue weighted by Gasteiger charge is 2.14. The van der Waals surface area contributed by atoms with Gasteiger partial charge in [-0.3, -0.25) is 0 Å². The highest BCUT2D eigenvalue weighted by Crippen LogP contribution is 2.17. The van der Waals surface area contributed by atoms with Gasteiger partial charge in [0.2, 0.25) is 0 Å². The van der Waals surface area contributed by atoms with Gasteiger partial charge in [0.1, 0.15) is 11.9 Å². The fourth-order valence-corrected chi connectivity index (χ4v) is 2.35. The first-order valence-electron chi connectivity index (χ1n) is 5.81. The van der Waals surface area contributed by atoms with Crippen molar-refractivity contribution < 1.29 is 17.9 Å². The van der Waals surface area contributed by atoms with Crippen molar-refractivity contribution >= 4 is 9.84 Å². The number of hydrogen-bond acceptors (Lipinski definition) is 5. The van der Waals surface area contributed by atoms with Gasteiger partial charge in [0.25, 0.3) is 0 Å². The molecular weight excluding hydrogens is 254 g/mol. The topological polar surface area (TPSA) is 64.6 Å². The Labute approximate surface area is 107 Å². The summed E-state index contributed by atoms with van der Waals surface area (Å²) in [4.78, 5) is 0.296. The van der Waals surface area contributed by atoms with Crippen molar-refractivity contribution in [3.05, 3.63) is 24.3 Å². The lowest BCUT2D eigenvalue weighted by Gasteiger charge is -2.16. The molecule has 0 amide bonds. The first kappa shape index (κ1) is 13.3. The van der Waals surface area contributed by atoms with Gasteiger partial charge in [0, 0.05) is 19.3 Å². The molecule has 1 aliphatic rings. The van der Waals surface area contributed by atoms with E-state index in [1.165, 1.54) is 6.26 Å². The molecule has 1 aromatic carbocycles. The van der Waals surface area contributed by atoms with Crippen LogP contribution in [0.2, 0.25) is 0 Å². The maximum absolute atomic E-state index is 11.3. The molecule has 0 aromatic heterocycles. The SMILES string of the molecule is CS(=O)(=O)c1ccc(O[C@@H]2CNCCOC2)cc1. The predicted octanol–water partition coefficient (Wildman–Crippen LogP) is 0.457. The molecule has 0 spiro atoms. The fraction of sp³-hybridized carbons (Fsp3) is 0.500. The molecule has 18 heavy (non-hydrogen) atoms. The van der Waals surface area contributed by atoms with Crippen LogP contribution in [0.5, 0.6) is 5.75 Å². The van der Waals surface area contributed by atoms with Crippen LogP contribution in [-0.4, -0.2) is 47.1 Å². The average Bonchev–Trinajstić information content (AvgIpc) is 2.57. The van der Waals surface area contributed by atoms with Crippen LogP contribution in [0.15, 0.2) is 29.2 Å². The molecule has 2 rings (SSSR count). The van der Waals surface area contributed by atoms with E-state index in [0.717, 1.165) is 13.1 Å². The zero-order valence-corrected chi connectivity index (χ0v) is 11.1. The average molecular weight is 271 g/mol. The van der Waals surface area contributed by atoms with E-state index >= 15 is 0 Å². The van der Waals surface area contributed by atoms with E-state index in [2.05, 4.69) is 5.32 Å². The predicted molar refractivity (Wildman–Crippen MR) is 67.7 cm³/mol. The maximum atomic E-state index is 11.3. The molecule has 5 nitrogen and oxygen atoms in total. The second-order valence-corrected chi connectivity index (χ2v) is 6.28. The van der Waals surface area contributed by atoms with E-state index < -0.39 is 9.84 Å². The van der Waals surface area contributed by atoms with Gasteiger partial charge >= 0.3 is 0 Å². The summed E-state index contributed by atoms with van der Waals surface area (Å²) in [7, 11) is -3.15. The molecule has 0 radical (unpaired) electrons. The van der Waals surface area contributed by atoms with Crippen molar-refractivity contribution in [2.45, 2.75) is 11.0 Å². The summed E-state index contributed by atoms with van der Waals surface area (Å²) in [6, 6.07) is 6.44. The van der Waals surface area contributed by atoms with E-state index in [1.54, 1.807) is 24.3 Å². The Bertz CT molecular complexity index is 475. The standard InChI is InChI=1S/C12H17NO4S/c1-18(14,15)12-4-2-10(3-5-12)17-11-8-13-6-7-16-9-11/h2-5,11,13H,6-9H2,1H3/t11-/m1/s1. The summed E-state index contributed by atoms with van der Waals surface area (Å²) in [6.07, 6.45) is 1.14. The monoisotopic (exact) mass is 271 g/mol. The third kappa shape index (κ3) is 3.69. The lowest BCUT2D eigenvalue weighted by molar-refractivity contribution is 0.0728. The summed E-state index contributed by atoms with van der Waals surface area (Å²) >= 11 is 0. The van der Waals surface area contributed by atoms with Crippen LogP contribution in [0.1, 0.15) is 0 Å². The van der Waals surface area contributed by atoms with Crippen LogP contribution in [0, 0.1) is 0 Å². The summed E-state index contributed by atoms with van der Waals surface area (Å²) in [5.74, 6) is 0.653. The van der Waals surface area contributed by atoms with Crippen LogP contribution in [0.3, 0.4) is 0 Å². The molecule has 1 N–H and O–H groups in total. The molecule has 0 bridgehead atoms. The van der Waals surface area contributed by atoms with E-state index in [4.69, 9.17) is 9.47 Å². The molecule has 1 aromatic rings. The van der Waals surface area contributed by atoms with Crippen molar-refractivity contribution in [2.75, 3.05) is 32.6 Å². The molecule has 1 saturated heterocycles. The van der Waals surface area contributed by atoms with Gasteiger partial charge in [-0.2, -0.15) is 0 Å². The highest BCUT2D eigenvalue weighted by atomic mass is 32.2. The van der Waals surface area contributed by atoms with Crippen molar-refractivity contribution in [1.29, 1.82) is 0 Å². The highest BCUT2D eigenvalue weighted by molar-refractivity contribution is 7.90.